The van der Waals surface area contributed by atoms with E-state index >= 15 is 0 Å². The van der Waals surface area contributed by atoms with Crippen LogP contribution in [-0.4, -0.2) is 74.8 Å². The number of nitrogens with zero attached hydrogens (tertiary/aromatic N) is 1. The predicted molar refractivity (Wildman–Crippen MR) is 142 cm³/mol. The van der Waals surface area contributed by atoms with E-state index in [4.69, 9.17) is 19.9 Å². The monoisotopic (exact) mass is 547 g/mol. The van der Waals surface area contributed by atoms with E-state index in [-0.39, 0.29) is 48.8 Å². The van der Waals surface area contributed by atoms with Gasteiger partial charge in [-0.25, -0.2) is 13.2 Å². The van der Waals surface area contributed by atoms with Crippen LogP contribution in [-0.2, 0) is 30.7 Å². The minimum absolute atomic E-state index is 0.0244. The number of nitrogens with one attached hydrogen (secondary N) is 1. The first-order valence-corrected chi connectivity index (χ1v) is 14.4. The first-order chi connectivity index (χ1) is 18.1. The fraction of sp³-hybridized carbons (Fsp3) is 0.519. The number of benzene rings is 2. The van der Waals surface area contributed by atoms with E-state index in [1.807, 2.05) is 44.2 Å². The number of carbonyl (C=O) groups excluding carboxylic acids is 1. The third-order valence-corrected chi connectivity index (χ3v) is 8.60. The van der Waals surface area contributed by atoms with Crippen LogP contribution >= 0.6 is 0 Å². The van der Waals surface area contributed by atoms with Gasteiger partial charge in [0, 0.05) is 24.8 Å². The Morgan fingerprint density at radius 2 is 1.84 bits per heavy atom. The number of anilines is 1. The third-order valence-electron chi connectivity index (χ3n) is 6.75. The number of carbonyl (C=O) groups is 1. The van der Waals surface area contributed by atoms with Gasteiger partial charge < -0.3 is 25.1 Å². The fourth-order valence-corrected chi connectivity index (χ4v) is 6.36. The zero-order valence-electron chi connectivity index (χ0n) is 21.7. The van der Waals surface area contributed by atoms with Crippen molar-refractivity contribution in [3.63, 3.8) is 0 Å². The summed E-state index contributed by atoms with van der Waals surface area (Å²) in [6, 6.07) is 14.8. The van der Waals surface area contributed by atoms with Crippen molar-refractivity contribution in [1.82, 2.24) is 4.31 Å². The van der Waals surface area contributed by atoms with E-state index in [1.54, 1.807) is 0 Å². The van der Waals surface area contributed by atoms with Gasteiger partial charge in [-0.3, -0.25) is 5.32 Å². The molecule has 2 heterocycles. The average molecular weight is 548 g/mol. The summed E-state index contributed by atoms with van der Waals surface area (Å²) in [6.07, 6.45) is -1.20. The molecule has 208 valence electrons. The number of amides is 1. The van der Waals surface area contributed by atoms with Crippen molar-refractivity contribution >= 4 is 21.8 Å². The number of hydrogen-bond acceptors (Lipinski definition) is 8. The molecule has 11 heteroatoms. The van der Waals surface area contributed by atoms with Crippen molar-refractivity contribution in [1.29, 1.82) is 0 Å². The number of sulfonamides is 1. The van der Waals surface area contributed by atoms with Crippen LogP contribution in [0.2, 0.25) is 0 Å². The first kappa shape index (κ1) is 28.5. The molecule has 2 unspecified atom stereocenters. The number of hydrogen-bond donors (Lipinski definition) is 3. The van der Waals surface area contributed by atoms with Gasteiger partial charge in [0.2, 0.25) is 10.0 Å². The highest BCUT2D eigenvalue weighted by Gasteiger charge is 2.43. The molecule has 2 aromatic rings. The van der Waals surface area contributed by atoms with E-state index in [1.165, 1.54) is 28.6 Å². The Morgan fingerprint density at radius 1 is 1.13 bits per heavy atom. The predicted octanol–water partition coefficient (Wildman–Crippen LogP) is 2.57. The molecule has 2 aromatic carbocycles. The van der Waals surface area contributed by atoms with Crippen LogP contribution in [0.3, 0.4) is 0 Å². The van der Waals surface area contributed by atoms with E-state index in [0.29, 0.717) is 18.7 Å². The van der Waals surface area contributed by atoms with Crippen molar-refractivity contribution in [3.05, 3.63) is 60.2 Å². The summed E-state index contributed by atoms with van der Waals surface area (Å²) in [4.78, 5) is 12.4. The van der Waals surface area contributed by atoms with Gasteiger partial charge in [0.15, 0.2) is 6.29 Å². The summed E-state index contributed by atoms with van der Waals surface area (Å²) < 4.78 is 44.7. The Morgan fingerprint density at radius 3 is 2.53 bits per heavy atom. The van der Waals surface area contributed by atoms with E-state index < -0.39 is 28.3 Å². The first-order valence-electron chi connectivity index (χ1n) is 12.9. The third kappa shape index (κ3) is 7.10. The highest BCUT2D eigenvalue weighted by Crippen LogP contribution is 2.33. The number of nitrogens with two attached hydrogens (primary N) is 1. The SMILES string of the molecule is CC(C)CN(C[C@@H](O)[C@@H](N)Cc1ccccc1)S(=O)(=O)c1ccc(NC(=O)O[C@H]2COC3OCCC32)cc1. The summed E-state index contributed by atoms with van der Waals surface area (Å²) in [5, 5.41) is 13.4. The van der Waals surface area contributed by atoms with Gasteiger partial charge in [0.05, 0.1) is 30.1 Å². The summed E-state index contributed by atoms with van der Waals surface area (Å²) in [7, 11) is -3.93. The highest BCUT2D eigenvalue weighted by molar-refractivity contribution is 7.89. The topological polar surface area (TPSA) is 140 Å². The molecule has 2 aliphatic heterocycles. The quantitative estimate of drug-likeness (QED) is 0.390. The van der Waals surface area contributed by atoms with Gasteiger partial charge in [0.1, 0.15) is 6.10 Å². The standard InChI is InChI=1S/C27H37N3O7S/c1-18(2)15-30(16-24(31)23(28)14-19-6-4-3-5-7-19)38(33,34)21-10-8-20(9-11-21)29-27(32)37-25-17-36-26-22(25)12-13-35-26/h3-11,18,22-26,31H,12-17,28H2,1-2H3,(H,29,32)/t22?,23-,24+,25-,26?/m0/s1. The molecule has 2 saturated heterocycles. The normalized spacial score (nSPS) is 22.8. The molecular formula is C27H37N3O7S. The lowest BCUT2D eigenvalue weighted by Crippen LogP contribution is -2.47. The largest absolute Gasteiger partial charge is 0.443 e. The summed E-state index contributed by atoms with van der Waals surface area (Å²) in [5.74, 6) is 0.0545. The number of ether oxygens (including phenoxy) is 3. The minimum Gasteiger partial charge on any atom is -0.443 e. The lowest BCUT2D eigenvalue weighted by Gasteiger charge is -2.28. The van der Waals surface area contributed by atoms with E-state index in [9.17, 15) is 18.3 Å². The van der Waals surface area contributed by atoms with Gasteiger partial charge in [0.25, 0.3) is 0 Å². The lowest BCUT2D eigenvalue weighted by atomic mass is 10.0. The smallest absolute Gasteiger partial charge is 0.411 e. The molecule has 1 amide bonds. The molecule has 0 aromatic heterocycles. The van der Waals surface area contributed by atoms with Gasteiger partial charge in [-0.1, -0.05) is 44.2 Å². The maximum Gasteiger partial charge on any atom is 0.411 e. The molecule has 4 N–H and O–H groups in total. The molecule has 0 aliphatic carbocycles. The molecule has 0 spiro atoms. The van der Waals surface area contributed by atoms with Crippen LogP contribution in [0.5, 0.6) is 0 Å². The van der Waals surface area contributed by atoms with E-state index in [2.05, 4.69) is 5.32 Å². The van der Waals surface area contributed by atoms with Crippen LogP contribution in [0, 0.1) is 11.8 Å². The molecule has 0 radical (unpaired) electrons. The molecule has 5 atom stereocenters. The molecule has 38 heavy (non-hydrogen) atoms. The number of aliphatic hydroxyl groups is 1. The van der Waals surface area contributed by atoms with Gasteiger partial charge >= 0.3 is 6.09 Å². The molecular weight excluding hydrogens is 510 g/mol. The van der Waals surface area contributed by atoms with E-state index in [0.717, 1.165) is 12.0 Å². The molecule has 0 bridgehead atoms. The minimum atomic E-state index is -3.93. The second-order valence-electron chi connectivity index (χ2n) is 10.3. The molecule has 4 rings (SSSR count). The van der Waals surface area contributed by atoms with Gasteiger partial charge in [-0.2, -0.15) is 4.31 Å². The van der Waals surface area contributed by atoms with Crippen molar-refractivity contribution < 1.29 is 32.5 Å². The number of aliphatic hydroxyl groups excluding tert-OH is 1. The number of rotatable bonds is 11. The Kier molecular flexibility index (Phi) is 9.40. The molecule has 2 aliphatic rings. The van der Waals surface area contributed by atoms with Crippen LogP contribution in [0.25, 0.3) is 0 Å². The summed E-state index contributed by atoms with van der Waals surface area (Å²) in [6.45, 7) is 4.78. The zero-order valence-corrected chi connectivity index (χ0v) is 22.5. The molecule has 2 fully saturated rings. The Bertz CT molecular complexity index is 1160. The van der Waals surface area contributed by atoms with Crippen molar-refractivity contribution in [2.24, 2.45) is 17.6 Å². The number of fused-ring (bicyclic) bond motifs is 1. The molecule has 10 nitrogen and oxygen atoms in total. The Balaban J connectivity index is 1.38. The Hall–Kier alpha value is -2.54. The second-order valence-corrected chi connectivity index (χ2v) is 12.2. The maximum absolute atomic E-state index is 13.5. The Labute approximate surface area is 224 Å². The van der Waals surface area contributed by atoms with Crippen LogP contribution in [0.4, 0.5) is 10.5 Å². The highest BCUT2D eigenvalue weighted by atomic mass is 32.2. The second kappa shape index (κ2) is 12.5. The summed E-state index contributed by atoms with van der Waals surface area (Å²) >= 11 is 0. The van der Waals surface area contributed by atoms with Gasteiger partial charge in [-0.15, -0.1) is 0 Å². The van der Waals surface area contributed by atoms with Crippen LogP contribution in [0.1, 0.15) is 25.8 Å². The molecule has 0 saturated carbocycles. The van der Waals surface area contributed by atoms with Crippen LogP contribution < -0.4 is 11.1 Å². The van der Waals surface area contributed by atoms with Crippen molar-refractivity contribution in [2.75, 3.05) is 31.6 Å². The average Bonchev–Trinajstić information content (AvgIpc) is 3.49. The maximum atomic E-state index is 13.5. The lowest BCUT2D eigenvalue weighted by molar-refractivity contribution is -0.0907. The zero-order chi connectivity index (χ0) is 27.3. The fourth-order valence-electron chi connectivity index (χ4n) is 4.74. The van der Waals surface area contributed by atoms with Crippen molar-refractivity contribution in [2.45, 2.75) is 56.1 Å². The van der Waals surface area contributed by atoms with Crippen LogP contribution in [0.15, 0.2) is 59.5 Å². The van der Waals surface area contributed by atoms with Gasteiger partial charge in [-0.05, 0) is 48.6 Å². The van der Waals surface area contributed by atoms with Crippen molar-refractivity contribution in [3.8, 4) is 0 Å². The summed E-state index contributed by atoms with van der Waals surface area (Å²) in [5.41, 5.74) is 7.59.